The molecule has 0 heterocycles. The summed E-state index contributed by atoms with van der Waals surface area (Å²) < 4.78 is 0. The van der Waals surface area contributed by atoms with Gasteiger partial charge in [0.05, 0.1) is 6.54 Å². The number of hydrogen-bond acceptors (Lipinski definition) is 3. The lowest BCUT2D eigenvalue weighted by atomic mass is 10.0. The Labute approximate surface area is 183 Å². The van der Waals surface area contributed by atoms with Gasteiger partial charge in [-0.3, -0.25) is 9.59 Å². The third-order valence-corrected chi connectivity index (χ3v) is 4.94. The molecule has 160 valence electrons. The topological polar surface area (TPSA) is 70.2 Å². The van der Waals surface area contributed by atoms with Crippen molar-refractivity contribution in [2.45, 2.75) is 32.6 Å². The fraction of sp³-hybridized carbons (Fsp3) is 0.231. The van der Waals surface area contributed by atoms with Crippen molar-refractivity contribution in [3.63, 3.8) is 0 Å². The highest BCUT2D eigenvalue weighted by molar-refractivity contribution is 5.95. The van der Waals surface area contributed by atoms with Gasteiger partial charge < -0.3 is 16.0 Å². The SMILES string of the molecule is CC(C)c1ccccc1NC(=O)CNc1cccc(NC(=O)CCc2ccccc2)c1. The second-order valence-electron chi connectivity index (χ2n) is 7.76. The van der Waals surface area contributed by atoms with E-state index in [4.69, 9.17) is 0 Å². The number of anilines is 3. The first-order valence-electron chi connectivity index (χ1n) is 10.6. The molecule has 0 spiro atoms. The van der Waals surface area contributed by atoms with Gasteiger partial charge >= 0.3 is 0 Å². The molecule has 0 saturated heterocycles. The molecule has 0 unspecified atom stereocenters. The minimum Gasteiger partial charge on any atom is -0.376 e. The number of hydrogen-bond donors (Lipinski definition) is 3. The highest BCUT2D eigenvalue weighted by Gasteiger charge is 2.09. The number of aryl methyl sites for hydroxylation is 1. The summed E-state index contributed by atoms with van der Waals surface area (Å²) in [5, 5.41) is 9.01. The second-order valence-corrected chi connectivity index (χ2v) is 7.76. The summed E-state index contributed by atoms with van der Waals surface area (Å²) in [5.41, 5.74) is 4.56. The van der Waals surface area contributed by atoms with Crippen LogP contribution in [0.15, 0.2) is 78.9 Å². The molecule has 5 heteroatoms. The number of para-hydroxylation sites is 1. The fourth-order valence-corrected chi connectivity index (χ4v) is 3.32. The molecule has 0 atom stereocenters. The molecule has 0 aromatic heterocycles. The molecule has 0 aliphatic carbocycles. The number of rotatable bonds is 9. The zero-order valence-corrected chi connectivity index (χ0v) is 18.0. The molecule has 3 aromatic carbocycles. The van der Waals surface area contributed by atoms with Gasteiger partial charge in [0.2, 0.25) is 11.8 Å². The van der Waals surface area contributed by atoms with Crippen LogP contribution in [0.25, 0.3) is 0 Å². The maximum atomic E-state index is 12.4. The van der Waals surface area contributed by atoms with E-state index in [2.05, 4.69) is 29.8 Å². The highest BCUT2D eigenvalue weighted by Crippen LogP contribution is 2.23. The highest BCUT2D eigenvalue weighted by atomic mass is 16.2. The van der Waals surface area contributed by atoms with Gasteiger partial charge in [-0.1, -0.05) is 68.4 Å². The first-order chi connectivity index (χ1) is 15.0. The molecule has 0 saturated carbocycles. The predicted molar refractivity (Wildman–Crippen MR) is 127 cm³/mol. The Balaban J connectivity index is 1.50. The Morgan fingerprint density at radius 3 is 2.26 bits per heavy atom. The first kappa shape index (κ1) is 22.1. The quantitative estimate of drug-likeness (QED) is 0.436. The number of carbonyl (C=O) groups excluding carboxylic acids is 2. The second kappa shape index (κ2) is 11.0. The maximum Gasteiger partial charge on any atom is 0.243 e. The summed E-state index contributed by atoms with van der Waals surface area (Å²) in [6.07, 6.45) is 1.11. The van der Waals surface area contributed by atoms with E-state index < -0.39 is 0 Å². The predicted octanol–water partition coefficient (Wildman–Crippen LogP) is 5.43. The van der Waals surface area contributed by atoms with Crippen LogP contribution in [0.2, 0.25) is 0 Å². The molecular formula is C26H29N3O2. The molecule has 0 aliphatic heterocycles. The van der Waals surface area contributed by atoms with Gasteiger partial charge in [0.1, 0.15) is 0 Å². The smallest absolute Gasteiger partial charge is 0.243 e. The molecule has 3 rings (SSSR count). The van der Waals surface area contributed by atoms with E-state index >= 15 is 0 Å². The van der Waals surface area contributed by atoms with E-state index in [9.17, 15) is 9.59 Å². The zero-order chi connectivity index (χ0) is 22.1. The van der Waals surface area contributed by atoms with Crippen LogP contribution in [-0.2, 0) is 16.0 Å². The van der Waals surface area contributed by atoms with Gasteiger partial charge in [0.25, 0.3) is 0 Å². The van der Waals surface area contributed by atoms with Crippen molar-refractivity contribution in [1.29, 1.82) is 0 Å². The molecule has 0 fully saturated rings. The Bertz CT molecular complexity index is 1020. The summed E-state index contributed by atoms with van der Waals surface area (Å²) in [6, 6.07) is 25.2. The molecule has 3 N–H and O–H groups in total. The Morgan fingerprint density at radius 2 is 1.48 bits per heavy atom. The number of benzene rings is 3. The number of nitrogens with one attached hydrogen (secondary N) is 3. The van der Waals surface area contributed by atoms with Crippen molar-refractivity contribution in [2.24, 2.45) is 0 Å². The van der Waals surface area contributed by atoms with E-state index in [0.29, 0.717) is 24.4 Å². The van der Waals surface area contributed by atoms with Gasteiger partial charge in [-0.25, -0.2) is 0 Å². The van der Waals surface area contributed by atoms with Crippen LogP contribution in [0.5, 0.6) is 0 Å². The standard InChI is InChI=1S/C26H29N3O2/c1-19(2)23-13-6-7-14-24(23)29-26(31)18-27-21-11-8-12-22(17-21)28-25(30)16-15-20-9-4-3-5-10-20/h3-14,17,19,27H,15-16,18H2,1-2H3,(H,28,30)(H,29,31). The number of carbonyl (C=O) groups is 2. The Hall–Kier alpha value is -3.60. The average molecular weight is 416 g/mol. The lowest BCUT2D eigenvalue weighted by molar-refractivity contribution is -0.116. The molecule has 31 heavy (non-hydrogen) atoms. The van der Waals surface area contributed by atoms with Gasteiger partial charge in [-0.15, -0.1) is 0 Å². The first-order valence-corrected chi connectivity index (χ1v) is 10.6. The monoisotopic (exact) mass is 415 g/mol. The largest absolute Gasteiger partial charge is 0.376 e. The third kappa shape index (κ3) is 7.00. The van der Waals surface area contributed by atoms with Crippen molar-refractivity contribution in [3.05, 3.63) is 90.0 Å². The molecule has 5 nitrogen and oxygen atoms in total. The fourth-order valence-electron chi connectivity index (χ4n) is 3.32. The molecule has 3 aromatic rings. The summed E-state index contributed by atoms with van der Waals surface area (Å²) in [5.74, 6) is 0.168. The van der Waals surface area contributed by atoms with Gasteiger partial charge in [-0.05, 0) is 47.7 Å². The van der Waals surface area contributed by atoms with Crippen molar-refractivity contribution >= 4 is 28.9 Å². The van der Waals surface area contributed by atoms with Gasteiger partial charge in [-0.2, -0.15) is 0 Å². The van der Waals surface area contributed by atoms with E-state index in [1.54, 1.807) is 0 Å². The zero-order valence-electron chi connectivity index (χ0n) is 18.0. The lowest BCUT2D eigenvalue weighted by Gasteiger charge is -2.14. The van der Waals surface area contributed by atoms with Gasteiger partial charge in [0.15, 0.2) is 0 Å². The van der Waals surface area contributed by atoms with E-state index in [1.807, 2.05) is 78.9 Å². The third-order valence-electron chi connectivity index (χ3n) is 4.94. The van der Waals surface area contributed by atoms with E-state index in [-0.39, 0.29) is 18.4 Å². The normalized spacial score (nSPS) is 10.5. The summed E-state index contributed by atoms with van der Waals surface area (Å²) in [4.78, 5) is 24.7. The van der Waals surface area contributed by atoms with Crippen LogP contribution in [0.3, 0.4) is 0 Å². The summed E-state index contributed by atoms with van der Waals surface area (Å²) >= 11 is 0. The van der Waals surface area contributed by atoms with E-state index in [0.717, 1.165) is 22.5 Å². The minimum absolute atomic E-state index is 0.0379. The van der Waals surface area contributed by atoms with Crippen molar-refractivity contribution < 1.29 is 9.59 Å². The average Bonchev–Trinajstić information content (AvgIpc) is 2.77. The van der Waals surface area contributed by atoms with Crippen molar-refractivity contribution in [3.8, 4) is 0 Å². The maximum absolute atomic E-state index is 12.4. The van der Waals surface area contributed by atoms with Crippen LogP contribution in [0.1, 0.15) is 37.3 Å². The Morgan fingerprint density at radius 1 is 0.774 bits per heavy atom. The van der Waals surface area contributed by atoms with Crippen LogP contribution >= 0.6 is 0 Å². The van der Waals surface area contributed by atoms with Crippen molar-refractivity contribution in [2.75, 3.05) is 22.5 Å². The van der Waals surface area contributed by atoms with E-state index in [1.165, 1.54) is 0 Å². The molecule has 0 bridgehead atoms. The summed E-state index contributed by atoms with van der Waals surface area (Å²) in [6.45, 7) is 4.34. The van der Waals surface area contributed by atoms with Crippen LogP contribution in [-0.4, -0.2) is 18.4 Å². The molecular weight excluding hydrogens is 386 g/mol. The Kier molecular flexibility index (Phi) is 7.82. The number of amides is 2. The van der Waals surface area contributed by atoms with Crippen LogP contribution < -0.4 is 16.0 Å². The molecule has 2 amide bonds. The summed E-state index contributed by atoms with van der Waals surface area (Å²) in [7, 11) is 0. The van der Waals surface area contributed by atoms with Crippen LogP contribution in [0, 0.1) is 0 Å². The van der Waals surface area contributed by atoms with Crippen LogP contribution in [0.4, 0.5) is 17.1 Å². The molecule has 0 aliphatic rings. The van der Waals surface area contributed by atoms with Crippen molar-refractivity contribution in [1.82, 2.24) is 0 Å². The minimum atomic E-state index is -0.120. The van der Waals surface area contributed by atoms with Gasteiger partial charge in [0, 0.05) is 23.5 Å². The lowest BCUT2D eigenvalue weighted by Crippen LogP contribution is -2.22. The molecule has 0 radical (unpaired) electrons.